The van der Waals surface area contributed by atoms with Gasteiger partial charge in [0.2, 0.25) is 0 Å². The van der Waals surface area contributed by atoms with E-state index in [9.17, 15) is 17.6 Å². The molecule has 1 aliphatic rings. The Morgan fingerprint density at radius 2 is 1.87 bits per heavy atom. The van der Waals surface area contributed by atoms with E-state index in [0.29, 0.717) is 43.0 Å². The summed E-state index contributed by atoms with van der Waals surface area (Å²) >= 11 is 5.91. The van der Waals surface area contributed by atoms with Crippen molar-refractivity contribution >= 4 is 51.7 Å². The normalized spacial score (nSPS) is 14.8. The number of para-hydroxylation sites is 1. The SMILES string of the molecule is C=Nc1c(/C=C\C)cccc1S(=O)(=O)Nc1ccc(C(=O)N2CCCN(Cc3ccc(F)c(Cl)c3)CC2)cc1. The summed E-state index contributed by atoms with van der Waals surface area (Å²) in [5, 5.41) is 0.102. The second kappa shape index (κ2) is 12.5. The minimum atomic E-state index is -3.94. The maximum absolute atomic E-state index is 13.5. The number of allylic oxidation sites excluding steroid dienone is 1. The Morgan fingerprint density at radius 1 is 1.10 bits per heavy atom. The van der Waals surface area contributed by atoms with Crippen molar-refractivity contribution in [3.63, 3.8) is 0 Å². The first-order chi connectivity index (χ1) is 18.7. The molecule has 3 aromatic rings. The molecule has 39 heavy (non-hydrogen) atoms. The zero-order valence-electron chi connectivity index (χ0n) is 21.6. The van der Waals surface area contributed by atoms with Gasteiger partial charge in [-0.1, -0.05) is 42.0 Å². The third-order valence-electron chi connectivity index (χ3n) is 6.47. The molecule has 7 nitrogen and oxygen atoms in total. The lowest BCUT2D eigenvalue weighted by Gasteiger charge is -2.22. The first kappa shape index (κ1) is 28.5. The Labute approximate surface area is 233 Å². The molecule has 0 bridgehead atoms. The summed E-state index contributed by atoms with van der Waals surface area (Å²) in [5.74, 6) is -0.558. The molecule has 1 amide bonds. The lowest BCUT2D eigenvalue weighted by atomic mass is 10.1. The van der Waals surface area contributed by atoms with Crippen molar-refractivity contribution in [2.45, 2.75) is 24.8 Å². The molecular weight excluding hydrogens is 539 g/mol. The minimum absolute atomic E-state index is 0.0188. The first-order valence-electron chi connectivity index (χ1n) is 12.5. The van der Waals surface area contributed by atoms with Crippen LogP contribution in [0.15, 0.2) is 76.6 Å². The Morgan fingerprint density at radius 3 is 2.56 bits per heavy atom. The van der Waals surface area contributed by atoms with E-state index in [1.165, 1.54) is 12.1 Å². The highest BCUT2D eigenvalue weighted by molar-refractivity contribution is 7.92. The summed E-state index contributed by atoms with van der Waals surface area (Å²) < 4.78 is 42.3. The van der Waals surface area contributed by atoms with Gasteiger partial charge >= 0.3 is 0 Å². The van der Waals surface area contributed by atoms with Gasteiger partial charge in [0.05, 0.1) is 10.7 Å². The second-order valence-corrected chi connectivity index (χ2v) is 11.3. The number of sulfonamides is 1. The lowest BCUT2D eigenvalue weighted by Crippen LogP contribution is -2.35. The van der Waals surface area contributed by atoms with Crippen molar-refractivity contribution in [3.05, 3.63) is 94.3 Å². The van der Waals surface area contributed by atoms with E-state index in [0.717, 1.165) is 18.5 Å². The number of rotatable bonds is 8. The molecule has 1 fully saturated rings. The number of benzene rings is 3. The topological polar surface area (TPSA) is 82.1 Å². The average Bonchev–Trinajstić information content (AvgIpc) is 3.16. The molecule has 0 saturated carbocycles. The number of halogens is 2. The van der Waals surface area contributed by atoms with Gasteiger partial charge in [-0.2, -0.15) is 0 Å². The van der Waals surface area contributed by atoms with Crippen LogP contribution in [0.1, 0.15) is 34.8 Å². The highest BCUT2D eigenvalue weighted by Gasteiger charge is 2.22. The van der Waals surface area contributed by atoms with Crippen LogP contribution < -0.4 is 4.72 Å². The predicted octanol–water partition coefficient (Wildman–Crippen LogP) is 5.99. The number of carbonyl (C=O) groups excluding carboxylic acids is 1. The van der Waals surface area contributed by atoms with Crippen molar-refractivity contribution in [1.82, 2.24) is 9.80 Å². The van der Waals surface area contributed by atoms with Crippen LogP contribution in [0.3, 0.4) is 0 Å². The Hall–Kier alpha value is -3.53. The molecule has 1 saturated heterocycles. The number of nitrogens with one attached hydrogen (secondary N) is 1. The van der Waals surface area contributed by atoms with Gasteiger partial charge in [-0.05, 0) is 68.1 Å². The number of anilines is 1. The molecule has 0 spiro atoms. The maximum atomic E-state index is 13.5. The van der Waals surface area contributed by atoms with Gasteiger partial charge in [0.1, 0.15) is 10.7 Å². The Balaban J connectivity index is 1.41. The van der Waals surface area contributed by atoms with Crippen LogP contribution in [0, 0.1) is 5.82 Å². The summed E-state index contributed by atoms with van der Waals surface area (Å²) in [5.41, 5.74) is 2.64. The summed E-state index contributed by atoms with van der Waals surface area (Å²) in [4.78, 5) is 21.1. The molecule has 0 aromatic heterocycles. The van der Waals surface area contributed by atoms with Crippen molar-refractivity contribution in [2.24, 2.45) is 4.99 Å². The molecule has 1 aliphatic heterocycles. The monoisotopic (exact) mass is 568 g/mol. The van der Waals surface area contributed by atoms with Crippen molar-refractivity contribution < 1.29 is 17.6 Å². The summed E-state index contributed by atoms with van der Waals surface area (Å²) in [6.07, 6.45) is 4.36. The standard InChI is InChI=1S/C29H30ClFN4O3S/c1-3-6-22-7-4-8-27(28(22)32-2)39(37,38)33-24-12-10-23(11-13-24)29(36)35-16-5-15-34(17-18-35)20-21-9-14-26(31)25(30)19-21/h3-4,6-14,19,33H,2,5,15-18,20H2,1H3/b6-3-. The zero-order valence-corrected chi connectivity index (χ0v) is 23.2. The van der Waals surface area contributed by atoms with Crippen LogP contribution in [0.25, 0.3) is 6.08 Å². The molecule has 0 atom stereocenters. The molecule has 0 aliphatic carbocycles. The third kappa shape index (κ3) is 6.92. The van der Waals surface area contributed by atoms with Gasteiger partial charge in [0.15, 0.2) is 0 Å². The number of amides is 1. The van der Waals surface area contributed by atoms with Crippen molar-refractivity contribution in [2.75, 3.05) is 30.9 Å². The lowest BCUT2D eigenvalue weighted by molar-refractivity contribution is 0.0761. The molecule has 3 aromatic carbocycles. The van der Waals surface area contributed by atoms with Gasteiger partial charge in [-0.3, -0.25) is 19.4 Å². The van der Waals surface area contributed by atoms with Crippen LogP contribution >= 0.6 is 11.6 Å². The molecule has 4 rings (SSSR count). The van der Waals surface area contributed by atoms with Gasteiger partial charge in [0, 0.05) is 49.5 Å². The van der Waals surface area contributed by atoms with Gasteiger partial charge in [0.25, 0.3) is 15.9 Å². The van der Waals surface area contributed by atoms with Gasteiger partial charge < -0.3 is 4.90 Å². The van der Waals surface area contributed by atoms with Gasteiger partial charge in [-0.15, -0.1) is 0 Å². The van der Waals surface area contributed by atoms with Crippen LogP contribution in [-0.4, -0.2) is 57.0 Å². The fourth-order valence-electron chi connectivity index (χ4n) is 4.54. The number of hydrogen-bond acceptors (Lipinski definition) is 5. The largest absolute Gasteiger partial charge is 0.337 e. The molecule has 1 N–H and O–H groups in total. The predicted molar refractivity (Wildman–Crippen MR) is 155 cm³/mol. The number of aliphatic imine (C=N–C) groups is 1. The maximum Gasteiger partial charge on any atom is 0.264 e. The van der Waals surface area contributed by atoms with E-state index >= 15 is 0 Å². The van der Waals surface area contributed by atoms with Crippen LogP contribution in [0.2, 0.25) is 5.02 Å². The molecule has 10 heteroatoms. The summed E-state index contributed by atoms with van der Waals surface area (Å²) in [6.45, 7) is 8.61. The smallest absolute Gasteiger partial charge is 0.264 e. The van der Waals surface area contributed by atoms with Crippen molar-refractivity contribution in [3.8, 4) is 0 Å². The first-order valence-corrected chi connectivity index (χ1v) is 14.4. The fraction of sp³-hybridized carbons (Fsp3) is 0.241. The zero-order chi connectivity index (χ0) is 28.0. The summed E-state index contributed by atoms with van der Waals surface area (Å²) in [7, 11) is -3.94. The quantitative estimate of drug-likeness (QED) is 0.338. The van der Waals surface area contributed by atoms with Gasteiger partial charge in [-0.25, -0.2) is 12.8 Å². The highest BCUT2D eigenvalue weighted by atomic mass is 35.5. The molecular formula is C29H30ClFN4O3S. The van der Waals surface area contributed by atoms with E-state index in [1.807, 2.05) is 6.92 Å². The van der Waals surface area contributed by atoms with E-state index in [2.05, 4.69) is 21.3 Å². The van der Waals surface area contributed by atoms with E-state index in [-0.39, 0.29) is 21.5 Å². The summed E-state index contributed by atoms with van der Waals surface area (Å²) in [6, 6.07) is 16.0. The van der Waals surface area contributed by atoms with Crippen molar-refractivity contribution in [1.29, 1.82) is 0 Å². The van der Waals surface area contributed by atoms with E-state index in [4.69, 9.17) is 11.6 Å². The van der Waals surface area contributed by atoms with E-state index < -0.39 is 15.8 Å². The third-order valence-corrected chi connectivity index (χ3v) is 8.18. The average molecular weight is 569 g/mol. The number of nitrogens with zero attached hydrogens (tertiary/aromatic N) is 3. The number of carbonyl (C=O) groups is 1. The number of hydrogen-bond donors (Lipinski definition) is 1. The Bertz CT molecular complexity index is 1490. The molecule has 1 heterocycles. The van der Waals surface area contributed by atoms with Crippen LogP contribution in [0.5, 0.6) is 0 Å². The van der Waals surface area contributed by atoms with E-state index in [1.54, 1.807) is 65.6 Å². The van der Waals surface area contributed by atoms with Crippen LogP contribution in [-0.2, 0) is 16.6 Å². The highest BCUT2D eigenvalue weighted by Crippen LogP contribution is 2.31. The molecule has 204 valence electrons. The minimum Gasteiger partial charge on any atom is -0.337 e. The molecule has 0 radical (unpaired) electrons. The fourth-order valence-corrected chi connectivity index (χ4v) is 6.00. The Kier molecular flexibility index (Phi) is 9.16. The van der Waals surface area contributed by atoms with Crippen LogP contribution in [0.4, 0.5) is 15.8 Å². The second-order valence-electron chi connectivity index (χ2n) is 9.21. The molecule has 0 unspecified atom stereocenters.